The molecule has 0 saturated heterocycles. The Morgan fingerprint density at radius 1 is 1.50 bits per heavy atom. The van der Waals surface area contributed by atoms with Gasteiger partial charge in [-0.25, -0.2) is 15.0 Å². The monoisotopic (exact) mass is 153 g/mol. The molecule has 0 saturated carbocycles. The van der Waals surface area contributed by atoms with Gasteiger partial charge in [0.05, 0.1) is 5.92 Å². The third kappa shape index (κ3) is 0.789. The number of aliphatic imine (C=N–C) groups is 3. The maximum absolute atomic E-state index is 5.53. The van der Waals surface area contributed by atoms with Gasteiger partial charge in [-0.2, -0.15) is 0 Å². The minimum atomic E-state index is 0.155. The first-order valence-corrected chi connectivity index (χ1v) is 3.27. The van der Waals surface area contributed by atoms with Crippen molar-refractivity contribution >= 4 is 28.9 Å². The highest BCUT2D eigenvalue weighted by molar-refractivity contribution is 6.66. The number of fused-ring (bicyclic) bond motifs is 1. The average molecular weight is 154 g/mol. The highest BCUT2D eigenvalue weighted by Gasteiger charge is 2.17. The standard InChI is InChI=1S/C6H4ClN3/c7-6-9-3-4-1-2-8-5(4)10-6/h1-4H/t4-/m1/s1. The Kier molecular flexibility index (Phi) is 1.17. The van der Waals surface area contributed by atoms with Gasteiger partial charge in [-0.05, 0) is 11.6 Å². The Morgan fingerprint density at radius 3 is 3.30 bits per heavy atom. The molecule has 2 heterocycles. The molecule has 0 amide bonds. The lowest BCUT2D eigenvalue weighted by Crippen LogP contribution is -2.13. The van der Waals surface area contributed by atoms with E-state index in [1.54, 1.807) is 12.4 Å². The van der Waals surface area contributed by atoms with Crippen molar-refractivity contribution in [2.45, 2.75) is 0 Å². The predicted octanol–water partition coefficient (Wildman–Crippen LogP) is 1.21. The zero-order valence-electron chi connectivity index (χ0n) is 5.03. The van der Waals surface area contributed by atoms with Crippen LogP contribution in [0.5, 0.6) is 0 Å². The van der Waals surface area contributed by atoms with Crippen LogP contribution in [0.15, 0.2) is 27.3 Å². The zero-order chi connectivity index (χ0) is 6.97. The van der Waals surface area contributed by atoms with Crippen molar-refractivity contribution in [3.05, 3.63) is 12.3 Å². The van der Waals surface area contributed by atoms with Crippen molar-refractivity contribution in [2.24, 2.45) is 20.9 Å². The minimum Gasteiger partial charge on any atom is -0.241 e. The number of rotatable bonds is 0. The molecule has 50 valence electrons. The van der Waals surface area contributed by atoms with Crippen molar-refractivity contribution in [1.29, 1.82) is 0 Å². The second kappa shape index (κ2) is 2.02. The minimum absolute atomic E-state index is 0.155. The predicted molar refractivity (Wildman–Crippen MR) is 41.8 cm³/mol. The molecule has 2 aliphatic heterocycles. The van der Waals surface area contributed by atoms with Crippen LogP contribution < -0.4 is 0 Å². The van der Waals surface area contributed by atoms with Crippen LogP contribution in [0.25, 0.3) is 0 Å². The SMILES string of the molecule is ClC1=NC2=NC=C[C@@H]2C=N1. The molecule has 0 spiro atoms. The van der Waals surface area contributed by atoms with E-state index in [1.165, 1.54) is 0 Å². The molecule has 0 bridgehead atoms. The van der Waals surface area contributed by atoms with Crippen LogP contribution in [-0.2, 0) is 0 Å². The topological polar surface area (TPSA) is 37.1 Å². The summed E-state index contributed by atoms with van der Waals surface area (Å²) in [5.74, 6) is 0.891. The summed E-state index contributed by atoms with van der Waals surface area (Å²) in [5, 5.41) is 0.263. The van der Waals surface area contributed by atoms with Crippen molar-refractivity contribution in [2.75, 3.05) is 0 Å². The summed E-state index contributed by atoms with van der Waals surface area (Å²) < 4.78 is 0. The largest absolute Gasteiger partial charge is 0.241 e. The highest BCUT2D eigenvalue weighted by atomic mass is 35.5. The maximum atomic E-state index is 5.53. The molecule has 0 aromatic rings. The second-order valence-corrected chi connectivity index (χ2v) is 2.35. The Hall–Kier alpha value is -0.960. The fourth-order valence-electron chi connectivity index (χ4n) is 0.869. The molecule has 0 unspecified atom stereocenters. The molecule has 0 aromatic carbocycles. The molecule has 3 nitrogen and oxygen atoms in total. The van der Waals surface area contributed by atoms with E-state index in [0.717, 1.165) is 5.84 Å². The Morgan fingerprint density at radius 2 is 2.40 bits per heavy atom. The molecular weight excluding hydrogens is 150 g/mol. The Balaban J connectivity index is 2.39. The van der Waals surface area contributed by atoms with Crippen LogP contribution in [0.4, 0.5) is 0 Å². The van der Waals surface area contributed by atoms with E-state index in [0.29, 0.717) is 0 Å². The summed E-state index contributed by atoms with van der Waals surface area (Å²) in [6.07, 6.45) is 5.37. The van der Waals surface area contributed by atoms with Gasteiger partial charge in [-0.15, -0.1) is 0 Å². The quantitative estimate of drug-likeness (QED) is 0.469. The zero-order valence-corrected chi connectivity index (χ0v) is 5.78. The lowest BCUT2D eigenvalue weighted by Gasteiger charge is -2.04. The first-order chi connectivity index (χ1) is 4.86. The fourth-order valence-corrected chi connectivity index (χ4v) is 1.01. The van der Waals surface area contributed by atoms with Gasteiger partial charge >= 0.3 is 0 Å². The molecular formula is C6H4ClN3. The second-order valence-electron chi connectivity index (χ2n) is 2.01. The van der Waals surface area contributed by atoms with Gasteiger partial charge in [0.15, 0.2) is 0 Å². The van der Waals surface area contributed by atoms with Crippen molar-refractivity contribution in [1.82, 2.24) is 0 Å². The molecule has 0 aromatic heterocycles. The average Bonchev–Trinajstić information content (AvgIpc) is 2.33. The third-order valence-corrected chi connectivity index (χ3v) is 1.53. The fraction of sp³-hybridized carbons (Fsp3) is 0.167. The van der Waals surface area contributed by atoms with Gasteiger partial charge in [0, 0.05) is 12.4 Å². The van der Waals surface area contributed by atoms with Gasteiger partial charge in [-0.1, -0.05) is 6.08 Å². The molecule has 1 atom stereocenters. The number of nitrogens with zero attached hydrogens (tertiary/aromatic N) is 3. The summed E-state index contributed by atoms with van der Waals surface area (Å²) in [7, 11) is 0. The number of amidine groups is 2. The molecule has 2 aliphatic rings. The maximum Gasteiger partial charge on any atom is 0.223 e. The number of halogens is 1. The first kappa shape index (κ1) is 5.80. The molecule has 10 heavy (non-hydrogen) atoms. The Bertz CT molecular complexity index is 275. The summed E-state index contributed by atoms with van der Waals surface area (Å²) >= 11 is 5.53. The molecule has 4 heteroatoms. The first-order valence-electron chi connectivity index (χ1n) is 2.89. The molecule has 0 N–H and O–H groups in total. The van der Waals surface area contributed by atoms with Crippen LogP contribution in [0.2, 0.25) is 0 Å². The van der Waals surface area contributed by atoms with Crippen molar-refractivity contribution in [3.63, 3.8) is 0 Å². The lowest BCUT2D eigenvalue weighted by atomic mass is 10.1. The smallest absolute Gasteiger partial charge is 0.223 e. The van der Waals surface area contributed by atoms with Crippen LogP contribution >= 0.6 is 11.6 Å². The van der Waals surface area contributed by atoms with E-state index >= 15 is 0 Å². The van der Waals surface area contributed by atoms with E-state index in [9.17, 15) is 0 Å². The normalized spacial score (nSPS) is 27.9. The van der Waals surface area contributed by atoms with Crippen molar-refractivity contribution < 1.29 is 0 Å². The molecule has 0 radical (unpaired) electrons. The van der Waals surface area contributed by atoms with E-state index < -0.39 is 0 Å². The summed E-state index contributed by atoms with van der Waals surface area (Å²) in [6, 6.07) is 0. The Labute approximate surface area is 62.9 Å². The van der Waals surface area contributed by atoms with Gasteiger partial charge in [-0.3, -0.25) is 0 Å². The van der Waals surface area contributed by atoms with Gasteiger partial charge in [0.1, 0.15) is 5.84 Å². The summed E-state index contributed by atoms with van der Waals surface area (Å²) in [4.78, 5) is 11.7. The number of hydrogen-bond acceptors (Lipinski definition) is 3. The van der Waals surface area contributed by atoms with Crippen molar-refractivity contribution in [3.8, 4) is 0 Å². The number of hydrogen-bond donors (Lipinski definition) is 0. The van der Waals surface area contributed by atoms with Crippen LogP contribution in [0, 0.1) is 5.92 Å². The van der Waals surface area contributed by atoms with Crippen LogP contribution in [0.3, 0.4) is 0 Å². The van der Waals surface area contributed by atoms with E-state index in [2.05, 4.69) is 15.0 Å². The summed E-state index contributed by atoms with van der Waals surface area (Å²) in [5.41, 5.74) is 0. The van der Waals surface area contributed by atoms with Gasteiger partial charge in [0.25, 0.3) is 0 Å². The van der Waals surface area contributed by atoms with Crippen LogP contribution in [-0.4, -0.2) is 17.3 Å². The van der Waals surface area contributed by atoms with Crippen LogP contribution in [0.1, 0.15) is 0 Å². The van der Waals surface area contributed by atoms with E-state index in [4.69, 9.17) is 11.6 Å². The van der Waals surface area contributed by atoms with E-state index in [1.807, 2.05) is 6.08 Å². The van der Waals surface area contributed by atoms with Gasteiger partial charge < -0.3 is 0 Å². The third-order valence-electron chi connectivity index (χ3n) is 1.35. The van der Waals surface area contributed by atoms with Gasteiger partial charge in [0.2, 0.25) is 5.29 Å². The van der Waals surface area contributed by atoms with E-state index in [-0.39, 0.29) is 11.2 Å². The lowest BCUT2D eigenvalue weighted by molar-refractivity contribution is 1.22. The molecule has 0 aliphatic carbocycles. The molecule has 2 rings (SSSR count). The highest BCUT2D eigenvalue weighted by Crippen LogP contribution is 2.13. The molecule has 0 fully saturated rings. The summed E-state index contributed by atoms with van der Waals surface area (Å²) in [6.45, 7) is 0.